The number of hydrogen-bond donors (Lipinski definition) is 7. The largest absolute Gasteiger partial charge is 0.475 e. The smallest absolute Gasteiger partial charge is 0.426 e. The molecule has 1 heterocycles. The molecule has 0 saturated carbocycles. The fraction of sp³-hybridized carbons (Fsp3) is 0.688. The van der Waals surface area contributed by atoms with Gasteiger partial charge >= 0.3 is 7.12 Å². The molecule has 1 aliphatic rings. The highest BCUT2D eigenvalue weighted by atomic mass is 16.4. The van der Waals surface area contributed by atoms with Gasteiger partial charge in [-0.1, -0.05) is 0 Å². The summed E-state index contributed by atoms with van der Waals surface area (Å²) in [7, 11) is -1.64. The zero-order valence-electron chi connectivity index (χ0n) is 17.0. The predicted molar refractivity (Wildman–Crippen MR) is 108 cm³/mol. The van der Waals surface area contributed by atoms with Crippen LogP contribution in [-0.2, 0) is 19.2 Å². The van der Waals surface area contributed by atoms with E-state index in [0.717, 1.165) is 0 Å². The van der Waals surface area contributed by atoms with Crippen molar-refractivity contribution in [2.45, 2.75) is 44.6 Å². The van der Waals surface area contributed by atoms with Gasteiger partial charge in [0.15, 0.2) is 5.96 Å². The molecule has 14 heteroatoms. The summed E-state index contributed by atoms with van der Waals surface area (Å²) in [6.45, 7) is 1.22. The molecule has 0 aromatic heterocycles. The van der Waals surface area contributed by atoms with Gasteiger partial charge in [-0.2, -0.15) is 0 Å². The molecule has 13 nitrogen and oxygen atoms in total. The molecule has 1 saturated heterocycles. The van der Waals surface area contributed by atoms with Crippen LogP contribution in [0.3, 0.4) is 0 Å². The van der Waals surface area contributed by atoms with Crippen LogP contribution in [0.4, 0.5) is 0 Å². The van der Waals surface area contributed by atoms with Crippen molar-refractivity contribution >= 4 is 36.7 Å². The summed E-state index contributed by atoms with van der Waals surface area (Å²) in [5, 5.41) is 25.9. The number of carbonyl (C=O) groups excluding carboxylic acids is 4. The third-order valence-electron chi connectivity index (χ3n) is 4.46. The highest BCUT2D eigenvalue weighted by Gasteiger charge is 2.36. The topological polar surface area (TPSA) is 212 Å². The van der Waals surface area contributed by atoms with E-state index in [2.05, 4.69) is 20.9 Å². The van der Waals surface area contributed by atoms with Crippen LogP contribution in [0.5, 0.6) is 0 Å². The predicted octanol–water partition coefficient (Wildman–Crippen LogP) is -4.22. The second kappa shape index (κ2) is 12.6. The summed E-state index contributed by atoms with van der Waals surface area (Å²) >= 11 is 0. The van der Waals surface area contributed by atoms with E-state index in [1.54, 1.807) is 0 Å². The Hall–Kier alpha value is -2.87. The molecule has 9 N–H and O–H groups in total. The van der Waals surface area contributed by atoms with Gasteiger partial charge in [-0.3, -0.25) is 24.2 Å². The first-order valence-corrected chi connectivity index (χ1v) is 9.64. The highest BCUT2D eigenvalue weighted by Crippen LogP contribution is 2.17. The van der Waals surface area contributed by atoms with Gasteiger partial charge in [0.2, 0.25) is 23.6 Å². The first kappa shape index (κ1) is 25.2. The number of guanidine groups is 1. The van der Waals surface area contributed by atoms with Gasteiger partial charge in [0.1, 0.15) is 6.04 Å². The Bertz CT molecular complexity index is 656. The molecular formula is C16H30BN7O6. The summed E-state index contributed by atoms with van der Waals surface area (Å²) in [6.07, 6.45) is 1.82. The highest BCUT2D eigenvalue weighted by molar-refractivity contribution is 6.43. The molecule has 0 aromatic carbocycles. The maximum atomic E-state index is 12.3. The van der Waals surface area contributed by atoms with Gasteiger partial charge in [0, 0.05) is 20.0 Å². The average molecular weight is 427 g/mol. The van der Waals surface area contributed by atoms with Gasteiger partial charge < -0.3 is 42.4 Å². The monoisotopic (exact) mass is 427 g/mol. The van der Waals surface area contributed by atoms with Crippen molar-refractivity contribution in [1.29, 1.82) is 0 Å². The zero-order chi connectivity index (χ0) is 22.7. The Labute approximate surface area is 174 Å². The summed E-state index contributed by atoms with van der Waals surface area (Å²) in [5.41, 5.74) is 10.5. The summed E-state index contributed by atoms with van der Waals surface area (Å²) < 4.78 is 0. The number of amides is 4. The quantitative estimate of drug-likeness (QED) is 0.0741. The first-order valence-electron chi connectivity index (χ1n) is 9.64. The first-order chi connectivity index (χ1) is 14.1. The SMILES string of the molecule is CC(=O)N[C@@H](CCCN=C(N)N)C(=O)NCC(=O)NCC(=O)N1CCC[C@H]1B(O)O. The van der Waals surface area contributed by atoms with Gasteiger partial charge in [0.05, 0.1) is 19.0 Å². The van der Waals surface area contributed by atoms with E-state index in [9.17, 15) is 29.2 Å². The number of nitrogens with one attached hydrogen (secondary N) is 3. The van der Waals surface area contributed by atoms with Crippen molar-refractivity contribution in [2.24, 2.45) is 16.5 Å². The second-order valence-corrected chi connectivity index (χ2v) is 6.91. The van der Waals surface area contributed by atoms with Crippen molar-refractivity contribution in [3.63, 3.8) is 0 Å². The van der Waals surface area contributed by atoms with E-state index >= 15 is 0 Å². The Balaban J connectivity index is 2.42. The van der Waals surface area contributed by atoms with Crippen LogP contribution in [-0.4, -0.2) is 89.8 Å². The van der Waals surface area contributed by atoms with E-state index in [-0.39, 0.29) is 32.0 Å². The minimum absolute atomic E-state index is 0.0736. The number of likely N-dealkylation sites (tertiary alicyclic amines) is 1. The second-order valence-electron chi connectivity index (χ2n) is 6.91. The molecule has 1 aliphatic heterocycles. The fourth-order valence-electron chi connectivity index (χ4n) is 3.06. The lowest BCUT2D eigenvalue weighted by Crippen LogP contribution is -2.51. The van der Waals surface area contributed by atoms with E-state index in [1.165, 1.54) is 11.8 Å². The Morgan fingerprint density at radius 2 is 1.90 bits per heavy atom. The van der Waals surface area contributed by atoms with Crippen LogP contribution in [0.1, 0.15) is 32.6 Å². The lowest BCUT2D eigenvalue weighted by Gasteiger charge is -2.24. The summed E-state index contributed by atoms with van der Waals surface area (Å²) in [6, 6.07) is -0.859. The molecule has 1 rings (SSSR count). The molecular weight excluding hydrogens is 397 g/mol. The third kappa shape index (κ3) is 9.09. The van der Waals surface area contributed by atoms with Crippen LogP contribution in [0.15, 0.2) is 4.99 Å². The van der Waals surface area contributed by atoms with Gasteiger partial charge in [-0.05, 0) is 25.7 Å². The molecule has 0 spiro atoms. The fourth-order valence-corrected chi connectivity index (χ4v) is 3.06. The van der Waals surface area contributed by atoms with Crippen molar-refractivity contribution < 1.29 is 29.2 Å². The number of carbonyl (C=O) groups is 4. The number of hydrogen-bond acceptors (Lipinski definition) is 7. The Morgan fingerprint density at radius 3 is 2.50 bits per heavy atom. The summed E-state index contributed by atoms with van der Waals surface area (Å²) in [4.78, 5) is 52.7. The minimum Gasteiger partial charge on any atom is -0.426 e. The van der Waals surface area contributed by atoms with Crippen molar-refractivity contribution in [3.05, 3.63) is 0 Å². The average Bonchev–Trinajstić information content (AvgIpc) is 3.16. The maximum Gasteiger partial charge on any atom is 0.475 e. The van der Waals surface area contributed by atoms with Gasteiger partial charge in [-0.15, -0.1) is 0 Å². The van der Waals surface area contributed by atoms with Crippen molar-refractivity contribution in [2.75, 3.05) is 26.2 Å². The number of nitrogens with two attached hydrogens (primary N) is 2. The summed E-state index contributed by atoms with van der Waals surface area (Å²) in [5.74, 6) is -2.76. The van der Waals surface area contributed by atoms with Crippen LogP contribution in [0.25, 0.3) is 0 Å². The molecule has 168 valence electrons. The molecule has 0 aromatic rings. The van der Waals surface area contributed by atoms with Gasteiger partial charge in [-0.25, -0.2) is 0 Å². The van der Waals surface area contributed by atoms with E-state index < -0.39 is 42.7 Å². The van der Waals surface area contributed by atoms with Crippen molar-refractivity contribution in [3.8, 4) is 0 Å². The van der Waals surface area contributed by atoms with E-state index in [4.69, 9.17) is 11.5 Å². The Kier molecular flexibility index (Phi) is 10.6. The normalized spacial score (nSPS) is 16.4. The molecule has 0 aliphatic carbocycles. The van der Waals surface area contributed by atoms with E-state index in [0.29, 0.717) is 25.8 Å². The maximum absolute atomic E-state index is 12.3. The molecule has 1 fully saturated rings. The molecule has 0 unspecified atom stereocenters. The van der Waals surface area contributed by atoms with Gasteiger partial charge in [0.25, 0.3) is 0 Å². The van der Waals surface area contributed by atoms with Crippen LogP contribution in [0, 0.1) is 0 Å². The van der Waals surface area contributed by atoms with Crippen molar-refractivity contribution in [1.82, 2.24) is 20.9 Å². The molecule has 4 amide bonds. The molecule has 30 heavy (non-hydrogen) atoms. The third-order valence-corrected chi connectivity index (χ3v) is 4.46. The number of nitrogens with zero attached hydrogens (tertiary/aromatic N) is 2. The molecule has 2 atom stereocenters. The standard InChI is InChI=1S/C16H30BN7O6/c1-10(25)23-11(4-2-6-20-16(18)19)15(28)22-8-13(26)21-9-14(27)24-7-3-5-12(24)17(29)30/h11-12,29-30H,2-9H2,1H3,(H,21,26)(H,22,28)(H,23,25)(H4,18,19,20)/t11-,12-/m0/s1. The lowest BCUT2D eigenvalue weighted by molar-refractivity contribution is -0.133. The van der Waals surface area contributed by atoms with Crippen LogP contribution >= 0.6 is 0 Å². The Morgan fingerprint density at radius 1 is 1.20 bits per heavy atom. The lowest BCUT2D eigenvalue weighted by atomic mass is 9.78. The van der Waals surface area contributed by atoms with Crippen LogP contribution < -0.4 is 27.4 Å². The van der Waals surface area contributed by atoms with Crippen LogP contribution in [0.2, 0.25) is 0 Å². The zero-order valence-corrected chi connectivity index (χ0v) is 17.0. The number of rotatable bonds is 11. The molecule has 0 radical (unpaired) electrons. The van der Waals surface area contributed by atoms with E-state index in [1.807, 2.05) is 0 Å². The minimum atomic E-state index is -1.64. The molecule has 0 bridgehead atoms. The number of aliphatic imine (C=N–C) groups is 1.